The molecule has 1 rings (SSSR count). The molecule has 1 amide bonds. The zero-order valence-corrected chi connectivity index (χ0v) is 7.90. The Morgan fingerprint density at radius 1 is 1.57 bits per heavy atom. The van der Waals surface area contributed by atoms with Gasteiger partial charge in [0.05, 0.1) is 6.61 Å². The minimum atomic E-state index is -0.336. The molecule has 3 N–H and O–H groups in total. The van der Waals surface area contributed by atoms with Gasteiger partial charge in [-0.05, 0) is 11.6 Å². The molecule has 0 aliphatic carbocycles. The van der Waals surface area contributed by atoms with Crippen LogP contribution in [-0.2, 0) is 11.4 Å². The van der Waals surface area contributed by atoms with Crippen LogP contribution in [-0.4, -0.2) is 16.8 Å². The van der Waals surface area contributed by atoms with Crippen LogP contribution >= 0.6 is 0 Å². The Morgan fingerprint density at radius 2 is 2.29 bits per heavy atom. The SMILES string of the molecule is CC(=O)N=C(N)c1cccc(CO)c1. The van der Waals surface area contributed by atoms with Crippen molar-refractivity contribution in [1.82, 2.24) is 0 Å². The first-order valence-electron chi connectivity index (χ1n) is 4.18. The van der Waals surface area contributed by atoms with E-state index in [2.05, 4.69) is 4.99 Å². The number of nitrogens with two attached hydrogens (primary N) is 1. The predicted octanol–water partition coefficient (Wildman–Crippen LogP) is 0.431. The number of carbonyl (C=O) groups excluding carboxylic acids is 1. The van der Waals surface area contributed by atoms with Crippen molar-refractivity contribution in [3.8, 4) is 0 Å². The highest BCUT2D eigenvalue weighted by molar-refractivity contribution is 6.03. The molecule has 0 saturated carbocycles. The fourth-order valence-electron chi connectivity index (χ4n) is 1.06. The highest BCUT2D eigenvalue weighted by atomic mass is 16.3. The number of amidine groups is 1. The summed E-state index contributed by atoms with van der Waals surface area (Å²) in [7, 11) is 0. The van der Waals surface area contributed by atoms with Crippen LogP contribution in [0.5, 0.6) is 0 Å². The van der Waals surface area contributed by atoms with E-state index in [0.717, 1.165) is 5.56 Å². The van der Waals surface area contributed by atoms with Crippen LogP contribution in [0.4, 0.5) is 0 Å². The van der Waals surface area contributed by atoms with Gasteiger partial charge in [-0.1, -0.05) is 18.2 Å². The number of amides is 1. The number of carbonyl (C=O) groups is 1. The van der Waals surface area contributed by atoms with Gasteiger partial charge < -0.3 is 10.8 Å². The first-order valence-corrected chi connectivity index (χ1v) is 4.18. The van der Waals surface area contributed by atoms with E-state index in [1.807, 2.05) is 0 Å². The Kier molecular flexibility index (Phi) is 3.36. The van der Waals surface area contributed by atoms with Crippen molar-refractivity contribution in [2.24, 2.45) is 10.7 Å². The Morgan fingerprint density at radius 3 is 2.86 bits per heavy atom. The van der Waals surface area contributed by atoms with Crippen LogP contribution in [0.15, 0.2) is 29.3 Å². The lowest BCUT2D eigenvalue weighted by Gasteiger charge is -2.01. The van der Waals surface area contributed by atoms with Crippen molar-refractivity contribution in [2.75, 3.05) is 0 Å². The summed E-state index contributed by atoms with van der Waals surface area (Å²) in [6.07, 6.45) is 0. The third-order valence-corrected chi connectivity index (χ3v) is 1.68. The Bertz CT molecular complexity index is 372. The molecule has 0 aliphatic heterocycles. The molecule has 0 heterocycles. The molecule has 0 bridgehead atoms. The van der Waals surface area contributed by atoms with E-state index in [4.69, 9.17) is 10.8 Å². The fraction of sp³-hybridized carbons (Fsp3) is 0.200. The summed E-state index contributed by atoms with van der Waals surface area (Å²) in [5.74, 6) is -0.162. The molecule has 1 aromatic carbocycles. The molecular weight excluding hydrogens is 180 g/mol. The molecule has 0 fully saturated rings. The zero-order chi connectivity index (χ0) is 10.6. The summed E-state index contributed by atoms with van der Waals surface area (Å²) in [5, 5.41) is 8.88. The van der Waals surface area contributed by atoms with Gasteiger partial charge in [-0.15, -0.1) is 0 Å². The van der Waals surface area contributed by atoms with E-state index in [1.54, 1.807) is 24.3 Å². The van der Waals surface area contributed by atoms with Crippen molar-refractivity contribution in [1.29, 1.82) is 0 Å². The van der Waals surface area contributed by atoms with Gasteiger partial charge >= 0.3 is 0 Å². The summed E-state index contributed by atoms with van der Waals surface area (Å²) in [4.78, 5) is 14.3. The van der Waals surface area contributed by atoms with E-state index < -0.39 is 0 Å². The van der Waals surface area contributed by atoms with E-state index in [9.17, 15) is 4.79 Å². The molecule has 0 radical (unpaired) electrons. The summed E-state index contributed by atoms with van der Waals surface area (Å²) in [6, 6.07) is 6.96. The molecule has 0 unspecified atom stereocenters. The lowest BCUT2D eigenvalue weighted by Crippen LogP contribution is -2.15. The maximum atomic E-state index is 10.7. The predicted molar refractivity (Wildman–Crippen MR) is 53.8 cm³/mol. The quantitative estimate of drug-likeness (QED) is 0.527. The van der Waals surface area contributed by atoms with Gasteiger partial charge in [-0.25, -0.2) is 0 Å². The van der Waals surface area contributed by atoms with Crippen LogP contribution in [0, 0.1) is 0 Å². The van der Waals surface area contributed by atoms with Crippen molar-refractivity contribution < 1.29 is 9.90 Å². The molecule has 4 nitrogen and oxygen atoms in total. The third kappa shape index (κ3) is 2.67. The van der Waals surface area contributed by atoms with Gasteiger partial charge in [0, 0.05) is 12.5 Å². The van der Waals surface area contributed by atoms with Crippen LogP contribution in [0.1, 0.15) is 18.1 Å². The van der Waals surface area contributed by atoms with Crippen molar-refractivity contribution in [3.63, 3.8) is 0 Å². The zero-order valence-electron chi connectivity index (χ0n) is 7.90. The minimum absolute atomic E-state index is 0.0544. The largest absolute Gasteiger partial charge is 0.392 e. The number of nitrogens with zero attached hydrogens (tertiary/aromatic N) is 1. The lowest BCUT2D eigenvalue weighted by molar-refractivity contribution is -0.115. The number of hydrogen-bond acceptors (Lipinski definition) is 2. The fourth-order valence-corrected chi connectivity index (χ4v) is 1.06. The van der Waals surface area contributed by atoms with Gasteiger partial charge in [0.25, 0.3) is 0 Å². The highest BCUT2D eigenvalue weighted by Crippen LogP contribution is 2.04. The summed E-state index contributed by atoms with van der Waals surface area (Å²) >= 11 is 0. The molecule has 14 heavy (non-hydrogen) atoms. The minimum Gasteiger partial charge on any atom is -0.392 e. The monoisotopic (exact) mass is 192 g/mol. The highest BCUT2D eigenvalue weighted by Gasteiger charge is 2.00. The number of aliphatic hydroxyl groups is 1. The number of hydrogen-bond donors (Lipinski definition) is 2. The Hall–Kier alpha value is -1.68. The standard InChI is InChI=1S/C10H12N2O2/c1-7(14)12-10(11)9-4-2-3-8(5-9)6-13/h2-5,13H,6H2,1H3,(H2,11,12,14). The molecule has 0 aliphatic rings. The second-order valence-corrected chi connectivity index (χ2v) is 2.87. The smallest absolute Gasteiger partial charge is 0.244 e. The molecular formula is C10H12N2O2. The first kappa shape index (κ1) is 10.4. The molecule has 1 aromatic rings. The Labute approximate surface area is 82.1 Å². The number of benzene rings is 1. The molecule has 0 atom stereocenters. The summed E-state index contributed by atoms with van der Waals surface area (Å²) < 4.78 is 0. The van der Waals surface area contributed by atoms with Gasteiger partial charge in [-0.2, -0.15) is 4.99 Å². The molecule has 0 spiro atoms. The van der Waals surface area contributed by atoms with Crippen molar-refractivity contribution >= 4 is 11.7 Å². The molecule has 74 valence electrons. The van der Waals surface area contributed by atoms with E-state index in [1.165, 1.54) is 6.92 Å². The lowest BCUT2D eigenvalue weighted by atomic mass is 10.1. The molecule has 4 heteroatoms. The van der Waals surface area contributed by atoms with Crippen molar-refractivity contribution in [3.05, 3.63) is 35.4 Å². The van der Waals surface area contributed by atoms with Crippen LogP contribution in [0.3, 0.4) is 0 Å². The van der Waals surface area contributed by atoms with Gasteiger partial charge in [0.15, 0.2) is 0 Å². The van der Waals surface area contributed by atoms with Crippen LogP contribution in [0.2, 0.25) is 0 Å². The maximum Gasteiger partial charge on any atom is 0.244 e. The average molecular weight is 192 g/mol. The third-order valence-electron chi connectivity index (χ3n) is 1.68. The second kappa shape index (κ2) is 4.53. The summed E-state index contributed by atoms with van der Waals surface area (Å²) in [5.41, 5.74) is 6.95. The average Bonchev–Trinajstić information content (AvgIpc) is 2.17. The van der Waals surface area contributed by atoms with Gasteiger partial charge in [-0.3, -0.25) is 4.79 Å². The topological polar surface area (TPSA) is 75.7 Å². The number of aliphatic hydroxyl groups excluding tert-OH is 1. The van der Waals surface area contributed by atoms with Crippen LogP contribution < -0.4 is 5.73 Å². The molecule has 0 aromatic heterocycles. The number of aliphatic imine (C=N–C) groups is 1. The second-order valence-electron chi connectivity index (χ2n) is 2.87. The molecule has 0 saturated heterocycles. The van der Waals surface area contributed by atoms with Crippen molar-refractivity contribution in [2.45, 2.75) is 13.5 Å². The first-order chi connectivity index (χ1) is 6.63. The van der Waals surface area contributed by atoms with Gasteiger partial charge in [0.1, 0.15) is 5.84 Å². The van der Waals surface area contributed by atoms with Crippen LogP contribution in [0.25, 0.3) is 0 Å². The Balaban J connectivity index is 3.01. The number of rotatable bonds is 2. The normalized spacial score (nSPS) is 11.4. The van der Waals surface area contributed by atoms with E-state index in [-0.39, 0.29) is 18.3 Å². The van der Waals surface area contributed by atoms with E-state index >= 15 is 0 Å². The summed E-state index contributed by atoms with van der Waals surface area (Å²) in [6.45, 7) is 1.28. The van der Waals surface area contributed by atoms with Gasteiger partial charge in [0.2, 0.25) is 5.91 Å². The maximum absolute atomic E-state index is 10.7. The van der Waals surface area contributed by atoms with E-state index in [0.29, 0.717) is 5.56 Å².